The lowest BCUT2D eigenvalue weighted by atomic mass is 10.1. The topological polar surface area (TPSA) is 39.5 Å². The first-order chi connectivity index (χ1) is 9.64. The zero-order valence-electron chi connectivity index (χ0n) is 12.3. The van der Waals surface area contributed by atoms with Gasteiger partial charge in [0.05, 0.1) is 18.3 Å². The average Bonchev–Trinajstić information content (AvgIpc) is 2.86. The maximum absolute atomic E-state index is 13.0. The van der Waals surface area contributed by atoms with Crippen molar-refractivity contribution in [3.05, 3.63) is 11.3 Å². The predicted octanol–water partition coefficient (Wildman–Crippen LogP) is 3.01. The molecule has 2 rings (SSSR count). The summed E-state index contributed by atoms with van der Waals surface area (Å²) < 4.78 is 46.8. The molecule has 1 aliphatic heterocycles. The summed E-state index contributed by atoms with van der Waals surface area (Å²) in [6, 6.07) is 0. The van der Waals surface area contributed by atoms with Gasteiger partial charge in [0.15, 0.2) is 5.69 Å². The van der Waals surface area contributed by atoms with Crippen molar-refractivity contribution in [2.45, 2.75) is 37.8 Å². The second-order valence-electron chi connectivity index (χ2n) is 5.39. The number of aryl methyl sites for hydroxylation is 1. The Morgan fingerprint density at radius 2 is 2.10 bits per heavy atom. The van der Waals surface area contributed by atoms with Crippen molar-refractivity contribution in [2.24, 2.45) is 7.05 Å². The smallest absolute Gasteiger partial charge is 0.435 e. The normalized spacial score (nSPS) is 19.2. The van der Waals surface area contributed by atoms with E-state index in [2.05, 4.69) is 5.10 Å². The van der Waals surface area contributed by atoms with E-state index in [0.29, 0.717) is 6.54 Å². The molecule has 1 aromatic heterocycles. The van der Waals surface area contributed by atoms with Gasteiger partial charge in [0.1, 0.15) is 0 Å². The highest BCUT2D eigenvalue weighted by Gasteiger charge is 2.40. The number of ether oxygens (including phenoxy) is 1. The Balaban J connectivity index is 2.15. The van der Waals surface area contributed by atoms with Gasteiger partial charge in [-0.2, -0.15) is 18.3 Å². The number of halogens is 3. The molecule has 120 valence electrons. The van der Waals surface area contributed by atoms with E-state index in [-0.39, 0.29) is 22.8 Å². The molecular formula is C12H18F3N3O2S. The number of hydroxylamine groups is 1. The van der Waals surface area contributed by atoms with Crippen LogP contribution in [0.15, 0.2) is 0 Å². The first kappa shape index (κ1) is 16.4. The van der Waals surface area contributed by atoms with Crippen LogP contribution in [0.3, 0.4) is 0 Å². The molecule has 0 unspecified atom stereocenters. The molecule has 0 saturated carbocycles. The van der Waals surface area contributed by atoms with Gasteiger partial charge in [0, 0.05) is 19.3 Å². The fourth-order valence-corrected chi connectivity index (χ4v) is 3.13. The molecule has 0 spiro atoms. The first-order valence-electron chi connectivity index (χ1n) is 6.41. The molecule has 0 bridgehead atoms. The average molecular weight is 325 g/mol. The van der Waals surface area contributed by atoms with Gasteiger partial charge in [-0.3, -0.25) is 4.84 Å². The van der Waals surface area contributed by atoms with E-state index < -0.39 is 11.9 Å². The van der Waals surface area contributed by atoms with E-state index in [1.165, 1.54) is 26.1 Å². The third-order valence-electron chi connectivity index (χ3n) is 3.15. The number of nitrogens with zero attached hydrogens (tertiary/aromatic N) is 3. The monoisotopic (exact) mass is 325 g/mol. The molecular weight excluding hydrogens is 307 g/mol. The lowest BCUT2D eigenvalue weighted by molar-refractivity contribution is -0.142. The van der Waals surface area contributed by atoms with E-state index in [0.717, 1.165) is 11.1 Å². The highest BCUT2D eigenvalue weighted by atomic mass is 32.2. The zero-order chi connectivity index (χ0) is 15.8. The third-order valence-corrected chi connectivity index (χ3v) is 4.11. The van der Waals surface area contributed by atoms with Crippen LogP contribution in [-0.4, -0.2) is 33.5 Å². The second-order valence-corrected chi connectivity index (χ2v) is 6.34. The largest absolute Gasteiger partial charge is 0.481 e. The Hall–Kier alpha value is -0.930. The Morgan fingerprint density at radius 1 is 1.43 bits per heavy atom. The van der Waals surface area contributed by atoms with Crippen LogP contribution in [0.2, 0.25) is 0 Å². The van der Waals surface area contributed by atoms with Crippen LogP contribution >= 0.6 is 11.9 Å². The summed E-state index contributed by atoms with van der Waals surface area (Å²) >= 11 is 1.19. The molecule has 5 nitrogen and oxygen atoms in total. The van der Waals surface area contributed by atoms with E-state index in [9.17, 15) is 13.2 Å². The molecule has 0 atom stereocenters. The number of aromatic nitrogens is 2. The van der Waals surface area contributed by atoms with Crippen molar-refractivity contribution in [3.8, 4) is 5.88 Å². The molecule has 1 aromatic rings. The molecule has 9 heteroatoms. The highest BCUT2D eigenvalue weighted by molar-refractivity contribution is 7.96. The fourth-order valence-electron chi connectivity index (χ4n) is 2.12. The highest BCUT2D eigenvalue weighted by Crippen LogP contribution is 2.39. The van der Waals surface area contributed by atoms with Crippen LogP contribution in [0.25, 0.3) is 0 Å². The number of methoxy groups -OCH3 is 1. The summed E-state index contributed by atoms with van der Waals surface area (Å²) in [5, 5.41) is 3.52. The molecule has 21 heavy (non-hydrogen) atoms. The summed E-state index contributed by atoms with van der Waals surface area (Å²) in [5.74, 6) is 0.204. The van der Waals surface area contributed by atoms with Gasteiger partial charge in [-0.15, -0.1) is 4.47 Å². The van der Waals surface area contributed by atoms with Gasteiger partial charge in [-0.1, -0.05) is 0 Å². The number of hydrogen-bond donors (Lipinski definition) is 0. The molecule has 0 amide bonds. The van der Waals surface area contributed by atoms with E-state index in [1.807, 2.05) is 13.8 Å². The standard InChI is InChI=1S/C12H18F3N3O2S/c1-11(2)5-6-18(20-11)21-7-8-9(12(13,14)15)16-17(3)10(8)19-4/h5-7H2,1-4H3. The molecule has 0 N–H and O–H groups in total. The predicted molar refractivity (Wildman–Crippen MR) is 72.5 cm³/mol. The summed E-state index contributed by atoms with van der Waals surface area (Å²) in [4.78, 5) is 5.62. The molecule has 0 aromatic carbocycles. The zero-order valence-corrected chi connectivity index (χ0v) is 13.1. The molecule has 2 heterocycles. The van der Waals surface area contributed by atoms with E-state index in [1.54, 1.807) is 4.47 Å². The van der Waals surface area contributed by atoms with Crippen LogP contribution in [0, 0.1) is 0 Å². The van der Waals surface area contributed by atoms with Crippen molar-refractivity contribution >= 4 is 11.9 Å². The van der Waals surface area contributed by atoms with Crippen molar-refractivity contribution < 1.29 is 22.7 Å². The van der Waals surface area contributed by atoms with Gasteiger partial charge in [0.25, 0.3) is 0 Å². The van der Waals surface area contributed by atoms with Gasteiger partial charge in [-0.25, -0.2) is 4.68 Å². The van der Waals surface area contributed by atoms with Crippen molar-refractivity contribution in [2.75, 3.05) is 13.7 Å². The molecule has 1 saturated heterocycles. The quantitative estimate of drug-likeness (QED) is 0.796. The number of rotatable bonds is 4. The summed E-state index contributed by atoms with van der Waals surface area (Å²) in [6.07, 6.45) is -3.67. The van der Waals surface area contributed by atoms with Crippen LogP contribution in [0.4, 0.5) is 13.2 Å². The second kappa shape index (κ2) is 5.69. The summed E-state index contributed by atoms with van der Waals surface area (Å²) in [6.45, 7) is 4.56. The van der Waals surface area contributed by atoms with E-state index in [4.69, 9.17) is 9.57 Å². The Morgan fingerprint density at radius 3 is 2.57 bits per heavy atom. The van der Waals surface area contributed by atoms with Gasteiger partial charge in [0.2, 0.25) is 5.88 Å². The van der Waals surface area contributed by atoms with Gasteiger partial charge >= 0.3 is 6.18 Å². The maximum Gasteiger partial charge on any atom is 0.435 e. The van der Waals surface area contributed by atoms with Crippen molar-refractivity contribution in [3.63, 3.8) is 0 Å². The summed E-state index contributed by atoms with van der Waals surface area (Å²) in [7, 11) is 2.76. The van der Waals surface area contributed by atoms with Crippen molar-refractivity contribution in [1.82, 2.24) is 14.2 Å². The molecule has 0 aliphatic carbocycles. The molecule has 0 radical (unpaired) electrons. The van der Waals surface area contributed by atoms with Crippen molar-refractivity contribution in [1.29, 1.82) is 0 Å². The minimum atomic E-state index is -4.50. The maximum atomic E-state index is 13.0. The van der Waals surface area contributed by atoms with Gasteiger partial charge in [-0.05, 0) is 32.2 Å². The Bertz CT molecular complexity index is 517. The summed E-state index contributed by atoms with van der Waals surface area (Å²) in [5.41, 5.74) is -1.16. The Kier molecular flexibility index (Phi) is 4.46. The van der Waals surface area contributed by atoms with Crippen LogP contribution in [0.5, 0.6) is 5.88 Å². The SMILES string of the molecule is COc1c(CSN2CCC(C)(C)O2)c(C(F)(F)F)nn1C. The lowest BCUT2D eigenvalue weighted by Crippen LogP contribution is -2.20. The molecule has 1 fully saturated rings. The van der Waals surface area contributed by atoms with Crippen LogP contribution < -0.4 is 4.74 Å². The molecule has 1 aliphatic rings. The third kappa shape index (κ3) is 3.64. The van der Waals surface area contributed by atoms with E-state index >= 15 is 0 Å². The number of hydrogen-bond acceptors (Lipinski definition) is 5. The van der Waals surface area contributed by atoms with Crippen LogP contribution in [-0.2, 0) is 23.8 Å². The number of alkyl halides is 3. The minimum absolute atomic E-state index is 0.0332. The lowest BCUT2D eigenvalue weighted by Gasteiger charge is -2.19. The first-order valence-corrected chi connectivity index (χ1v) is 7.35. The Labute approximate surface area is 125 Å². The van der Waals surface area contributed by atoms with Crippen LogP contribution in [0.1, 0.15) is 31.5 Å². The minimum Gasteiger partial charge on any atom is -0.481 e. The fraction of sp³-hybridized carbons (Fsp3) is 0.750. The van der Waals surface area contributed by atoms with Gasteiger partial charge < -0.3 is 4.74 Å².